The largest absolute Gasteiger partial charge is 0.251 e. The van der Waals surface area contributed by atoms with Crippen molar-refractivity contribution >= 4 is 22.8 Å². The van der Waals surface area contributed by atoms with Crippen LogP contribution in [0.15, 0.2) is 58.5 Å². The van der Waals surface area contributed by atoms with Crippen LogP contribution in [0.5, 0.6) is 0 Å². The number of aliphatic imine (C=N–C) groups is 2. The van der Waals surface area contributed by atoms with Gasteiger partial charge in [-0.2, -0.15) is 0 Å². The van der Waals surface area contributed by atoms with Crippen molar-refractivity contribution in [1.82, 2.24) is 0 Å². The van der Waals surface area contributed by atoms with Crippen LogP contribution in [-0.2, 0) is 42.2 Å². The molecule has 0 spiro atoms. The molecule has 0 aliphatic carbocycles. The van der Waals surface area contributed by atoms with Gasteiger partial charge in [-0.05, 0) is 123 Å². The normalized spacial score (nSPS) is 12.1. The molecule has 0 fully saturated rings. The van der Waals surface area contributed by atoms with E-state index in [1.54, 1.807) is 0 Å². The number of benzene rings is 2. The number of allylic oxidation sites excluding steroid dienone is 2. The van der Waals surface area contributed by atoms with Crippen molar-refractivity contribution in [2.75, 3.05) is 0 Å². The van der Waals surface area contributed by atoms with Crippen LogP contribution in [-0.4, -0.2) is 11.4 Å². The summed E-state index contributed by atoms with van der Waals surface area (Å²) in [4.78, 5) is 11.2. The van der Waals surface area contributed by atoms with Crippen molar-refractivity contribution in [2.45, 2.75) is 324 Å². The third kappa shape index (κ3) is 36.6. The predicted octanol–water partition coefficient (Wildman–Crippen LogP) is 23.0. The molecule has 0 radical (unpaired) electrons. The summed E-state index contributed by atoms with van der Waals surface area (Å²) in [7, 11) is 0. The van der Waals surface area contributed by atoms with E-state index in [1.165, 1.54) is 266 Å². The Morgan fingerprint density at radius 1 is 0.319 bits per heavy atom. The zero-order valence-electron chi connectivity index (χ0n) is 46.9. The molecular weight excluding hydrogens is 879 g/mol. The van der Waals surface area contributed by atoms with Crippen LogP contribution in [0.2, 0.25) is 0 Å². The van der Waals surface area contributed by atoms with Gasteiger partial charge in [0, 0.05) is 16.5 Å². The van der Waals surface area contributed by atoms with Crippen LogP contribution in [0.1, 0.15) is 321 Å². The molecule has 0 aliphatic heterocycles. The Labute approximate surface area is 441 Å². The molecule has 0 atom stereocenters. The molecule has 69 heavy (non-hydrogen) atoms. The molecule has 0 aliphatic rings. The second kappa shape index (κ2) is 48.3. The topological polar surface area (TPSA) is 24.7 Å². The Kier molecular flexibility index (Phi) is 45.5. The summed E-state index contributed by atoms with van der Waals surface area (Å²) in [6.45, 7) is 13.8. The zero-order chi connectivity index (χ0) is 48.8. The maximum Gasteiger partial charge on any atom is 0.0848 e. The van der Waals surface area contributed by atoms with Gasteiger partial charge in [0.05, 0.1) is 22.8 Å². The summed E-state index contributed by atoms with van der Waals surface area (Å²) in [6, 6.07) is 14.6. The SMILES string of the molecule is CCC/C=C/C(=Nc1cc(CCCCC)cc(CCCCC)c1)C(CCCCCCCCCCCCCCCCCCCCCCCCCCC)=Nc1cc(CCCCC)cc(CCCCC)c1.[Ni]. The van der Waals surface area contributed by atoms with Crippen molar-refractivity contribution in [1.29, 1.82) is 0 Å². The molecule has 0 heterocycles. The van der Waals surface area contributed by atoms with Crippen LogP contribution in [0.25, 0.3) is 0 Å². The average molecular weight is 994 g/mol. The van der Waals surface area contributed by atoms with Crippen LogP contribution in [0.4, 0.5) is 11.4 Å². The molecule has 2 rings (SSSR count). The van der Waals surface area contributed by atoms with E-state index >= 15 is 0 Å². The Morgan fingerprint density at radius 3 is 0.899 bits per heavy atom. The molecule has 2 aromatic rings. The standard InChI is InChI=1S/C66H114N2.Ni/c1-7-13-19-20-21-22-23-24-25-26-27-28-29-30-31-32-33-34-35-36-37-38-39-40-46-52-66(68-64-57-61(49-43-16-10-4)54-62(58-64)50-44-17-11-5)65(51-45-18-12-6)67-63-55-59(47-41-14-8-2)53-60(56-63)48-42-15-9-3;/h45,51,53-58H,7-44,46-50,52H2,1-6H3;/b51-45+,67-65?,68-66?;. The first-order valence-corrected chi connectivity index (χ1v) is 30.6. The average Bonchev–Trinajstić information content (AvgIpc) is 3.33. The minimum atomic E-state index is 0. The molecule has 0 unspecified atom stereocenters. The smallest absolute Gasteiger partial charge is 0.0848 e. The Bertz CT molecular complexity index is 1480. The van der Waals surface area contributed by atoms with Crippen LogP contribution >= 0.6 is 0 Å². The Morgan fingerprint density at radius 2 is 0.594 bits per heavy atom. The van der Waals surface area contributed by atoms with Gasteiger partial charge in [0.25, 0.3) is 0 Å². The molecule has 3 heteroatoms. The van der Waals surface area contributed by atoms with Crippen LogP contribution in [0.3, 0.4) is 0 Å². The molecule has 398 valence electrons. The molecule has 0 aromatic heterocycles. The fourth-order valence-corrected chi connectivity index (χ4v) is 10.0. The minimum absolute atomic E-state index is 0. The molecule has 0 saturated carbocycles. The van der Waals surface area contributed by atoms with Gasteiger partial charge >= 0.3 is 0 Å². The fourth-order valence-electron chi connectivity index (χ4n) is 10.0. The van der Waals surface area contributed by atoms with E-state index in [9.17, 15) is 0 Å². The van der Waals surface area contributed by atoms with Gasteiger partial charge < -0.3 is 0 Å². The van der Waals surface area contributed by atoms with Crippen molar-refractivity contribution < 1.29 is 16.5 Å². The van der Waals surface area contributed by atoms with E-state index < -0.39 is 0 Å². The molecule has 0 amide bonds. The van der Waals surface area contributed by atoms with Gasteiger partial charge in [0.1, 0.15) is 0 Å². The summed E-state index contributed by atoms with van der Waals surface area (Å²) >= 11 is 0. The van der Waals surface area contributed by atoms with Crippen molar-refractivity contribution in [3.05, 3.63) is 70.8 Å². The van der Waals surface area contributed by atoms with Crippen LogP contribution < -0.4 is 0 Å². The first kappa shape index (κ1) is 65.0. The second-order valence-corrected chi connectivity index (χ2v) is 21.3. The van der Waals surface area contributed by atoms with E-state index in [-0.39, 0.29) is 16.5 Å². The number of nitrogens with zero attached hydrogens (tertiary/aromatic N) is 2. The van der Waals surface area contributed by atoms with Gasteiger partial charge in [-0.25, -0.2) is 4.99 Å². The molecule has 0 bridgehead atoms. The zero-order valence-corrected chi connectivity index (χ0v) is 47.9. The summed E-state index contributed by atoms with van der Waals surface area (Å²) in [5.41, 5.74) is 10.4. The van der Waals surface area contributed by atoms with E-state index in [0.29, 0.717) is 0 Å². The first-order valence-electron chi connectivity index (χ1n) is 30.6. The van der Waals surface area contributed by atoms with Gasteiger partial charge in [0.15, 0.2) is 0 Å². The fraction of sp³-hybridized carbons (Fsp3) is 0.758. The number of unbranched alkanes of at least 4 members (excludes halogenated alkanes) is 33. The quantitative estimate of drug-likeness (QED) is 0.0359. The molecule has 2 nitrogen and oxygen atoms in total. The molecule has 0 N–H and O–H groups in total. The van der Waals surface area contributed by atoms with E-state index in [1.807, 2.05) is 0 Å². The second-order valence-electron chi connectivity index (χ2n) is 21.3. The molecular formula is C66H114N2Ni. The Balaban J connectivity index is 0.0000238. The summed E-state index contributed by atoms with van der Waals surface area (Å²) < 4.78 is 0. The van der Waals surface area contributed by atoms with Crippen molar-refractivity contribution in [3.8, 4) is 0 Å². The number of rotatable bonds is 48. The first-order chi connectivity index (χ1) is 33.6. The minimum Gasteiger partial charge on any atom is -0.251 e. The van der Waals surface area contributed by atoms with Gasteiger partial charge in [-0.15, -0.1) is 0 Å². The van der Waals surface area contributed by atoms with E-state index in [2.05, 4.69) is 90.1 Å². The summed E-state index contributed by atoms with van der Waals surface area (Å²) in [5.74, 6) is 0. The van der Waals surface area contributed by atoms with Gasteiger partial charge in [0.2, 0.25) is 0 Å². The van der Waals surface area contributed by atoms with Gasteiger partial charge in [-0.1, -0.05) is 272 Å². The van der Waals surface area contributed by atoms with Crippen molar-refractivity contribution in [2.24, 2.45) is 9.98 Å². The monoisotopic (exact) mass is 993 g/mol. The third-order valence-corrected chi connectivity index (χ3v) is 14.4. The summed E-state index contributed by atoms with van der Waals surface area (Å²) in [5, 5.41) is 0. The number of hydrogen-bond acceptors (Lipinski definition) is 2. The molecule has 2 aromatic carbocycles. The van der Waals surface area contributed by atoms with Crippen LogP contribution in [0, 0.1) is 0 Å². The number of hydrogen-bond donors (Lipinski definition) is 0. The van der Waals surface area contributed by atoms with E-state index in [4.69, 9.17) is 9.98 Å². The molecule has 0 saturated heterocycles. The van der Waals surface area contributed by atoms with E-state index in [0.717, 1.165) is 62.0 Å². The number of aryl methyl sites for hydroxylation is 4. The van der Waals surface area contributed by atoms with Crippen molar-refractivity contribution in [3.63, 3.8) is 0 Å². The maximum absolute atomic E-state index is 5.64. The predicted molar refractivity (Wildman–Crippen MR) is 310 cm³/mol. The summed E-state index contributed by atoms with van der Waals surface area (Å²) in [6.07, 6.45) is 63.3. The maximum atomic E-state index is 5.64. The van der Waals surface area contributed by atoms with Gasteiger partial charge in [-0.3, -0.25) is 4.99 Å². The third-order valence-electron chi connectivity index (χ3n) is 14.4. The Hall–Kier alpha value is -1.99.